The van der Waals surface area contributed by atoms with Crippen LogP contribution in [-0.4, -0.2) is 24.1 Å². The van der Waals surface area contributed by atoms with Gasteiger partial charge in [0, 0.05) is 24.8 Å². The van der Waals surface area contributed by atoms with E-state index in [0.29, 0.717) is 11.6 Å². The second kappa shape index (κ2) is 5.05. The summed E-state index contributed by atoms with van der Waals surface area (Å²) in [5.41, 5.74) is 2.28. The summed E-state index contributed by atoms with van der Waals surface area (Å²) in [4.78, 5) is 13.6. The van der Waals surface area contributed by atoms with Crippen LogP contribution in [0.5, 0.6) is 0 Å². The number of oxazole rings is 1. The molecule has 0 aliphatic heterocycles. The molecule has 0 spiro atoms. The third-order valence-corrected chi connectivity index (χ3v) is 2.43. The summed E-state index contributed by atoms with van der Waals surface area (Å²) in [7, 11) is 0. The molecule has 0 aliphatic carbocycles. The predicted molar refractivity (Wildman–Crippen MR) is 68.5 cm³/mol. The summed E-state index contributed by atoms with van der Waals surface area (Å²) in [6.07, 6.45) is 0. The molecule has 0 radical (unpaired) electrons. The maximum absolute atomic E-state index is 11.0. The number of aromatic amines is 1. The van der Waals surface area contributed by atoms with Gasteiger partial charge in [-0.25, -0.2) is 4.79 Å². The van der Waals surface area contributed by atoms with E-state index < -0.39 is 5.76 Å². The number of hydrogen-bond acceptors (Lipinski definition) is 4. The molecule has 2 aromatic rings. The van der Waals surface area contributed by atoms with Crippen molar-refractivity contribution in [1.82, 2.24) is 10.3 Å². The number of rotatable bonds is 5. The minimum atomic E-state index is -0.418. The Morgan fingerprint density at radius 1 is 1.35 bits per heavy atom. The number of H-pyrrole nitrogens is 1. The number of hydrogen-bond donors (Lipinski definition) is 3. The molecule has 0 aliphatic rings. The molecule has 92 valence electrons. The van der Waals surface area contributed by atoms with Gasteiger partial charge in [-0.2, -0.15) is 0 Å². The highest BCUT2D eigenvalue weighted by molar-refractivity contribution is 5.76. The minimum absolute atomic E-state index is 0.418. The van der Waals surface area contributed by atoms with E-state index in [4.69, 9.17) is 4.42 Å². The van der Waals surface area contributed by atoms with E-state index in [1.807, 2.05) is 12.1 Å². The quantitative estimate of drug-likeness (QED) is 0.687. The summed E-state index contributed by atoms with van der Waals surface area (Å²) in [5, 5.41) is 6.59. The molecule has 0 unspecified atom stereocenters. The van der Waals surface area contributed by atoms with Gasteiger partial charge in [-0.1, -0.05) is 13.8 Å². The first-order valence-corrected chi connectivity index (χ1v) is 5.75. The van der Waals surface area contributed by atoms with Crippen molar-refractivity contribution in [2.75, 3.05) is 18.4 Å². The summed E-state index contributed by atoms with van der Waals surface area (Å²) in [5.74, 6) is -0.418. The van der Waals surface area contributed by atoms with Gasteiger partial charge in [-0.15, -0.1) is 0 Å². The van der Waals surface area contributed by atoms with Crippen molar-refractivity contribution in [3.63, 3.8) is 0 Å². The van der Waals surface area contributed by atoms with E-state index in [0.717, 1.165) is 24.3 Å². The number of nitrogens with one attached hydrogen (secondary N) is 3. The fourth-order valence-electron chi connectivity index (χ4n) is 1.63. The van der Waals surface area contributed by atoms with Crippen molar-refractivity contribution >= 4 is 16.8 Å². The second-order valence-corrected chi connectivity index (χ2v) is 4.26. The van der Waals surface area contributed by atoms with Crippen LogP contribution >= 0.6 is 0 Å². The van der Waals surface area contributed by atoms with Crippen LogP contribution < -0.4 is 16.4 Å². The Labute approximate surface area is 99.2 Å². The van der Waals surface area contributed by atoms with Crippen molar-refractivity contribution in [3.8, 4) is 0 Å². The van der Waals surface area contributed by atoms with E-state index in [2.05, 4.69) is 29.5 Å². The smallest absolute Gasteiger partial charge is 0.408 e. The predicted octanol–water partition coefficient (Wildman–Crippen LogP) is 1.53. The van der Waals surface area contributed by atoms with Gasteiger partial charge in [0.25, 0.3) is 0 Å². The SMILES string of the molecule is CC(C)NCCNc1ccc2oc(=O)[nH]c2c1. The lowest BCUT2D eigenvalue weighted by atomic mass is 10.3. The molecular formula is C12H17N3O2. The first kappa shape index (κ1) is 11.7. The van der Waals surface area contributed by atoms with Gasteiger partial charge < -0.3 is 15.1 Å². The van der Waals surface area contributed by atoms with Crippen molar-refractivity contribution in [2.45, 2.75) is 19.9 Å². The monoisotopic (exact) mass is 235 g/mol. The van der Waals surface area contributed by atoms with Gasteiger partial charge in [0.2, 0.25) is 0 Å². The van der Waals surface area contributed by atoms with Gasteiger partial charge in [0.05, 0.1) is 5.52 Å². The van der Waals surface area contributed by atoms with Crippen molar-refractivity contribution in [3.05, 3.63) is 28.7 Å². The molecule has 0 saturated heterocycles. The zero-order chi connectivity index (χ0) is 12.3. The lowest BCUT2D eigenvalue weighted by Gasteiger charge is -2.09. The Hall–Kier alpha value is -1.75. The Bertz CT molecular complexity index is 542. The van der Waals surface area contributed by atoms with Crippen molar-refractivity contribution < 1.29 is 4.42 Å². The largest absolute Gasteiger partial charge is 0.417 e. The highest BCUT2D eigenvalue weighted by atomic mass is 16.4. The average molecular weight is 235 g/mol. The standard InChI is InChI=1S/C12H17N3O2/c1-8(2)13-5-6-14-9-3-4-11-10(7-9)15-12(16)17-11/h3-4,7-8,13-14H,5-6H2,1-2H3,(H,15,16). The van der Waals surface area contributed by atoms with Crippen LogP contribution in [0.25, 0.3) is 11.1 Å². The van der Waals surface area contributed by atoms with E-state index in [9.17, 15) is 4.79 Å². The van der Waals surface area contributed by atoms with Gasteiger partial charge in [-0.3, -0.25) is 4.98 Å². The third-order valence-electron chi connectivity index (χ3n) is 2.43. The van der Waals surface area contributed by atoms with Gasteiger partial charge in [-0.05, 0) is 18.2 Å². The molecule has 3 N–H and O–H groups in total. The molecule has 0 fully saturated rings. The highest BCUT2D eigenvalue weighted by Crippen LogP contribution is 2.15. The van der Waals surface area contributed by atoms with Crippen LogP contribution in [0.2, 0.25) is 0 Å². The number of anilines is 1. The Morgan fingerprint density at radius 2 is 2.18 bits per heavy atom. The summed E-state index contributed by atoms with van der Waals surface area (Å²) in [6.45, 7) is 5.97. The summed E-state index contributed by atoms with van der Waals surface area (Å²) < 4.78 is 4.93. The Kier molecular flexibility index (Phi) is 3.49. The minimum Gasteiger partial charge on any atom is -0.408 e. The van der Waals surface area contributed by atoms with Crippen molar-refractivity contribution in [1.29, 1.82) is 0 Å². The molecule has 1 aromatic carbocycles. The average Bonchev–Trinajstić information content (AvgIpc) is 2.63. The molecule has 5 heteroatoms. The van der Waals surface area contributed by atoms with E-state index in [-0.39, 0.29) is 0 Å². The first-order chi connectivity index (χ1) is 8.15. The molecule has 5 nitrogen and oxygen atoms in total. The second-order valence-electron chi connectivity index (χ2n) is 4.26. The molecule has 1 heterocycles. The van der Waals surface area contributed by atoms with Gasteiger partial charge in [0.1, 0.15) is 0 Å². The van der Waals surface area contributed by atoms with Crippen LogP contribution in [0.3, 0.4) is 0 Å². The number of aromatic nitrogens is 1. The molecule has 0 bridgehead atoms. The summed E-state index contributed by atoms with van der Waals surface area (Å²) >= 11 is 0. The molecule has 1 aromatic heterocycles. The van der Waals surface area contributed by atoms with E-state index >= 15 is 0 Å². The van der Waals surface area contributed by atoms with Crippen molar-refractivity contribution in [2.24, 2.45) is 0 Å². The van der Waals surface area contributed by atoms with Crippen LogP contribution in [0.15, 0.2) is 27.4 Å². The lowest BCUT2D eigenvalue weighted by molar-refractivity contribution is 0.555. The Morgan fingerprint density at radius 3 is 2.94 bits per heavy atom. The third kappa shape index (κ3) is 3.10. The Balaban J connectivity index is 1.97. The van der Waals surface area contributed by atoms with E-state index in [1.54, 1.807) is 6.07 Å². The number of fused-ring (bicyclic) bond motifs is 1. The fraction of sp³-hybridized carbons (Fsp3) is 0.417. The van der Waals surface area contributed by atoms with Crippen LogP contribution in [0.1, 0.15) is 13.8 Å². The lowest BCUT2D eigenvalue weighted by Crippen LogP contribution is -2.28. The first-order valence-electron chi connectivity index (χ1n) is 5.75. The molecule has 2 rings (SSSR count). The maximum atomic E-state index is 11.0. The van der Waals surface area contributed by atoms with E-state index in [1.165, 1.54) is 0 Å². The molecule has 0 saturated carbocycles. The normalized spacial score (nSPS) is 11.2. The molecular weight excluding hydrogens is 218 g/mol. The van der Waals surface area contributed by atoms with Crippen LogP contribution in [-0.2, 0) is 0 Å². The van der Waals surface area contributed by atoms with Gasteiger partial charge >= 0.3 is 5.76 Å². The fourth-order valence-corrected chi connectivity index (χ4v) is 1.63. The zero-order valence-corrected chi connectivity index (χ0v) is 10.0. The molecule has 0 amide bonds. The topological polar surface area (TPSA) is 70.1 Å². The number of benzene rings is 1. The van der Waals surface area contributed by atoms with Crippen LogP contribution in [0, 0.1) is 0 Å². The molecule has 0 atom stereocenters. The van der Waals surface area contributed by atoms with Crippen LogP contribution in [0.4, 0.5) is 5.69 Å². The summed E-state index contributed by atoms with van der Waals surface area (Å²) in [6, 6.07) is 6.04. The zero-order valence-electron chi connectivity index (χ0n) is 10.0. The molecule has 17 heavy (non-hydrogen) atoms. The highest BCUT2D eigenvalue weighted by Gasteiger charge is 2.01. The maximum Gasteiger partial charge on any atom is 0.417 e. The van der Waals surface area contributed by atoms with Gasteiger partial charge in [0.15, 0.2) is 5.58 Å².